The monoisotopic (exact) mass is 403 g/mol. The Labute approximate surface area is 170 Å². The van der Waals surface area contributed by atoms with Crippen LogP contribution in [-0.4, -0.2) is 33.6 Å². The Balaban J connectivity index is 1.50. The van der Waals surface area contributed by atoms with Gasteiger partial charge in [0.05, 0.1) is 29.1 Å². The lowest BCUT2D eigenvalue weighted by Crippen LogP contribution is -2.15. The van der Waals surface area contributed by atoms with Crippen LogP contribution in [0.5, 0.6) is 0 Å². The number of nitrogens with zero attached hydrogens (tertiary/aromatic N) is 2. The van der Waals surface area contributed by atoms with Crippen molar-refractivity contribution >= 4 is 22.8 Å². The highest BCUT2D eigenvalue weighted by Crippen LogP contribution is 2.13. The molecule has 0 saturated heterocycles. The summed E-state index contributed by atoms with van der Waals surface area (Å²) < 4.78 is 11.9. The highest BCUT2D eigenvalue weighted by atomic mass is 16.5. The number of aromatic amines is 1. The summed E-state index contributed by atoms with van der Waals surface area (Å²) in [6, 6.07) is 15.2. The van der Waals surface area contributed by atoms with E-state index >= 15 is 0 Å². The van der Waals surface area contributed by atoms with E-state index in [0.717, 1.165) is 5.69 Å². The summed E-state index contributed by atoms with van der Waals surface area (Å²) in [6.45, 7) is -0.216. The van der Waals surface area contributed by atoms with E-state index in [1.54, 1.807) is 24.3 Å². The van der Waals surface area contributed by atoms with Crippen molar-refractivity contribution in [2.24, 2.45) is 0 Å². The van der Waals surface area contributed by atoms with Gasteiger partial charge in [0.2, 0.25) is 0 Å². The number of nitrogens with one attached hydrogen (secondary N) is 1. The van der Waals surface area contributed by atoms with Crippen molar-refractivity contribution in [2.45, 2.75) is 6.61 Å². The van der Waals surface area contributed by atoms with Crippen LogP contribution in [0.25, 0.3) is 16.6 Å². The molecular formula is C22H17N3O5. The Hall–Kier alpha value is -4.20. The second-order valence-corrected chi connectivity index (χ2v) is 6.45. The van der Waals surface area contributed by atoms with Crippen molar-refractivity contribution in [3.8, 4) is 5.69 Å². The van der Waals surface area contributed by atoms with Gasteiger partial charge >= 0.3 is 11.9 Å². The largest absolute Gasteiger partial charge is 0.465 e. The minimum atomic E-state index is -0.542. The van der Waals surface area contributed by atoms with Gasteiger partial charge < -0.3 is 19.0 Å². The van der Waals surface area contributed by atoms with E-state index < -0.39 is 17.5 Å². The number of rotatable bonds is 5. The highest BCUT2D eigenvalue weighted by Gasteiger charge is 2.12. The second kappa shape index (κ2) is 8.04. The molecule has 0 saturated carbocycles. The molecule has 0 radical (unpaired) electrons. The Bertz CT molecular complexity index is 1270. The van der Waals surface area contributed by atoms with Gasteiger partial charge in [-0.2, -0.15) is 0 Å². The van der Waals surface area contributed by atoms with Gasteiger partial charge in [-0.25, -0.2) is 14.6 Å². The van der Waals surface area contributed by atoms with Gasteiger partial charge in [0.25, 0.3) is 5.56 Å². The fraction of sp³-hybridized carbons (Fsp3) is 0.0909. The maximum Gasteiger partial charge on any atom is 0.338 e. The number of carbonyl (C=O) groups excluding carboxylic acids is 2. The van der Waals surface area contributed by atoms with Crippen molar-refractivity contribution in [1.82, 2.24) is 14.5 Å². The van der Waals surface area contributed by atoms with Crippen LogP contribution in [0.1, 0.15) is 26.5 Å². The average molecular weight is 403 g/mol. The van der Waals surface area contributed by atoms with Crippen LogP contribution in [0.2, 0.25) is 0 Å². The average Bonchev–Trinajstić information content (AvgIpc) is 3.31. The number of hydrogen-bond acceptors (Lipinski definition) is 6. The summed E-state index contributed by atoms with van der Waals surface area (Å²) in [6.07, 6.45) is 3.81. The third kappa shape index (κ3) is 3.83. The van der Waals surface area contributed by atoms with E-state index in [-0.39, 0.29) is 18.0 Å². The third-order valence-electron chi connectivity index (χ3n) is 4.52. The predicted octanol–water partition coefficient (Wildman–Crippen LogP) is 2.86. The van der Waals surface area contributed by atoms with Crippen LogP contribution >= 0.6 is 0 Å². The maximum atomic E-state index is 12.3. The molecule has 0 aliphatic heterocycles. The molecule has 2 aromatic carbocycles. The molecule has 0 spiro atoms. The van der Waals surface area contributed by atoms with Gasteiger partial charge in [-0.05, 0) is 54.6 Å². The fourth-order valence-corrected chi connectivity index (χ4v) is 2.99. The van der Waals surface area contributed by atoms with Gasteiger partial charge in [0.1, 0.15) is 12.4 Å². The Morgan fingerprint density at radius 3 is 2.40 bits per heavy atom. The predicted molar refractivity (Wildman–Crippen MR) is 109 cm³/mol. The summed E-state index contributed by atoms with van der Waals surface area (Å²) in [4.78, 5) is 43.2. The van der Waals surface area contributed by atoms with Gasteiger partial charge in [-0.15, -0.1) is 0 Å². The molecule has 2 heterocycles. The second-order valence-electron chi connectivity index (χ2n) is 6.45. The zero-order chi connectivity index (χ0) is 21.1. The molecule has 0 amide bonds. The number of benzene rings is 2. The molecule has 4 rings (SSSR count). The van der Waals surface area contributed by atoms with Crippen LogP contribution < -0.4 is 5.56 Å². The summed E-state index contributed by atoms with van der Waals surface area (Å²) in [7, 11) is 1.27. The maximum absolute atomic E-state index is 12.3. The number of aromatic nitrogens is 3. The molecule has 4 aromatic rings. The fourth-order valence-electron chi connectivity index (χ4n) is 2.99. The number of esters is 2. The molecule has 0 aliphatic rings. The van der Waals surface area contributed by atoms with Crippen molar-refractivity contribution in [2.75, 3.05) is 7.11 Å². The van der Waals surface area contributed by atoms with Crippen molar-refractivity contribution in [3.05, 3.63) is 94.3 Å². The summed E-state index contributed by atoms with van der Waals surface area (Å²) >= 11 is 0. The van der Waals surface area contributed by atoms with Crippen LogP contribution in [0.15, 0.2) is 71.8 Å². The lowest BCUT2D eigenvalue weighted by molar-refractivity contribution is 0.0462. The highest BCUT2D eigenvalue weighted by molar-refractivity contribution is 5.94. The molecule has 8 heteroatoms. The van der Waals surface area contributed by atoms with Crippen LogP contribution in [-0.2, 0) is 16.1 Å². The van der Waals surface area contributed by atoms with Crippen LogP contribution in [0.4, 0.5) is 0 Å². The first kappa shape index (κ1) is 19.1. The van der Waals surface area contributed by atoms with E-state index in [4.69, 9.17) is 4.74 Å². The smallest absolute Gasteiger partial charge is 0.338 e. The minimum absolute atomic E-state index is 0.173. The topological polar surface area (TPSA) is 103 Å². The number of fused-ring (bicyclic) bond motifs is 1. The first-order valence-corrected chi connectivity index (χ1v) is 9.07. The molecule has 0 unspecified atom stereocenters. The molecule has 0 aliphatic carbocycles. The van der Waals surface area contributed by atoms with Gasteiger partial charge in [0, 0.05) is 18.1 Å². The van der Waals surface area contributed by atoms with Gasteiger partial charge in [-0.1, -0.05) is 0 Å². The molecule has 2 aromatic heterocycles. The zero-order valence-corrected chi connectivity index (χ0v) is 16.0. The third-order valence-corrected chi connectivity index (χ3v) is 4.52. The Morgan fingerprint density at radius 2 is 1.70 bits per heavy atom. The molecular weight excluding hydrogens is 386 g/mol. The van der Waals surface area contributed by atoms with E-state index in [9.17, 15) is 14.4 Å². The number of H-pyrrole nitrogens is 1. The molecule has 30 heavy (non-hydrogen) atoms. The van der Waals surface area contributed by atoms with Crippen LogP contribution in [0, 0.1) is 0 Å². The summed E-state index contributed by atoms with van der Waals surface area (Å²) in [5.41, 5.74) is 1.48. The molecule has 0 bridgehead atoms. The number of methoxy groups -OCH3 is 1. The standard InChI is InChI=1S/C22H17N3O5/c1-29-21(27)15-6-9-17-18(12-15)23-19(24-20(17)26)13-30-22(28)14-4-7-16(8-5-14)25-10-2-3-11-25/h2-12H,13H2,1H3,(H,23,24,26). The van der Waals surface area contributed by atoms with Crippen LogP contribution in [0.3, 0.4) is 0 Å². The van der Waals surface area contributed by atoms with E-state index in [1.165, 1.54) is 25.3 Å². The first-order chi connectivity index (χ1) is 14.5. The number of hydrogen-bond donors (Lipinski definition) is 1. The Kier molecular flexibility index (Phi) is 5.13. The molecule has 0 atom stereocenters. The summed E-state index contributed by atoms with van der Waals surface area (Å²) in [5.74, 6) is -0.901. The molecule has 0 fully saturated rings. The van der Waals surface area contributed by atoms with Crippen molar-refractivity contribution < 1.29 is 19.1 Å². The van der Waals surface area contributed by atoms with Crippen molar-refractivity contribution in [3.63, 3.8) is 0 Å². The number of carbonyl (C=O) groups is 2. The molecule has 8 nitrogen and oxygen atoms in total. The van der Waals surface area contributed by atoms with E-state index in [0.29, 0.717) is 16.5 Å². The zero-order valence-electron chi connectivity index (χ0n) is 16.0. The van der Waals surface area contributed by atoms with E-state index in [2.05, 4.69) is 14.7 Å². The first-order valence-electron chi connectivity index (χ1n) is 9.07. The lowest BCUT2D eigenvalue weighted by Gasteiger charge is -2.07. The SMILES string of the molecule is COC(=O)c1ccc2c(=O)[nH]c(COC(=O)c3ccc(-n4cccc4)cc3)nc2c1. The molecule has 150 valence electrons. The van der Waals surface area contributed by atoms with Gasteiger partial charge in [-0.3, -0.25) is 4.79 Å². The van der Waals surface area contributed by atoms with Crippen molar-refractivity contribution in [1.29, 1.82) is 0 Å². The normalized spacial score (nSPS) is 10.7. The van der Waals surface area contributed by atoms with Gasteiger partial charge in [0.15, 0.2) is 0 Å². The molecule has 1 N–H and O–H groups in total. The summed E-state index contributed by atoms with van der Waals surface area (Å²) in [5, 5.41) is 0.318. The minimum Gasteiger partial charge on any atom is -0.465 e. The lowest BCUT2D eigenvalue weighted by atomic mass is 10.1. The number of ether oxygens (including phenoxy) is 2. The quantitative estimate of drug-likeness (QED) is 0.514. The Morgan fingerprint density at radius 1 is 1.00 bits per heavy atom. The van der Waals surface area contributed by atoms with E-state index in [1.807, 2.05) is 29.1 Å².